The van der Waals surface area contributed by atoms with Gasteiger partial charge >= 0.3 is 6.03 Å². The van der Waals surface area contributed by atoms with Crippen LogP contribution < -0.4 is 10.2 Å². The fourth-order valence-electron chi connectivity index (χ4n) is 1.56. The lowest BCUT2D eigenvalue weighted by molar-refractivity contribution is -0.115. The van der Waals surface area contributed by atoms with E-state index in [0.29, 0.717) is 5.69 Å². The normalized spacial score (nSPS) is 15.7. The van der Waals surface area contributed by atoms with Gasteiger partial charge in [-0.2, -0.15) is 0 Å². The van der Waals surface area contributed by atoms with Crippen molar-refractivity contribution in [3.63, 3.8) is 0 Å². The lowest BCUT2D eigenvalue weighted by Gasteiger charge is -2.12. The molecule has 3 amide bonds. The Hall–Kier alpha value is -1.84. The molecule has 0 aromatic heterocycles. The van der Waals surface area contributed by atoms with Gasteiger partial charge in [-0.1, -0.05) is 19.1 Å². The summed E-state index contributed by atoms with van der Waals surface area (Å²) in [5.74, 6) is -0.204. The number of carbonyl (C=O) groups is 2. The van der Waals surface area contributed by atoms with Gasteiger partial charge in [0.25, 0.3) is 5.91 Å². The molecule has 1 aromatic carbocycles. The zero-order valence-corrected chi connectivity index (χ0v) is 8.49. The summed E-state index contributed by atoms with van der Waals surface area (Å²) >= 11 is 0. The van der Waals surface area contributed by atoms with E-state index >= 15 is 0 Å². The molecule has 0 unspecified atom stereocenters. The average Bonchev–Trinajstić information content (AvgIpc) is 2.59. The van der Waals surface area contributed by atoms with Gasteiger partial charge in [-0.05, 0) is 24.1 Å². The van der Waals surface area contributed by atoms with E-state index in [9.17, 15) is 9.59 Å². The van der Waals surface area contributed by atoms with E-state index in [1.807, 2.05) is 12.1 Å². The molecular formula is C11H12N2O2. The van der Waals surface area contributed by atoms with Crippen molar-refractivity contribution in [3.8, 4) is 0 Å². The van der Waals surface area contributed by atoms with E-state index < -0.39 is 0 Å². The van der Waals surface area contributed by atoms with Crippen LogP contribution in [0.2, 0.25) is 0 Å². The van der Waals surface area contributed by atoms with Crippen LogP contribution in [0.4, 0.5) is 10.5 Å². The first-order chi connectivity index (χ1) is 7.22. The Morgan fingerprint density at radius 2 is 1.93 bits per heavy atom. The van der Waals surface area contributed by atoms with Crippen LogP contribution >= 0.6 is 0 Å². The molecule has 78 valence electrons. The van der Waals surface area contributed by atoms with E-state index in [0.717, 1.165) is 6.42 Å². The monoisotopic (exact) mass is 204 g/mol. The number of amides is 3. The molecule has 0 atom stereocenters. The van der Waals surface area contributed by atoms with Gasteiger partial charge in [0.05, 0.1) is 12.2 Å². The summed E-state index contributed by atoms with van der Waals surface area (Å²) in [6.07, 6.45) is 0.945. The summed E-state index contributed by atoms with van der Waals surface area (Å²) in [4.78, 5) is 23.9. The summed E-state index contributed by atoms with van der Waals surface area (Å²) in [6.45, 7) is 2.15. The number of imide groups is 1. The topological polar surface area (TPSA) is 49.4 Å². The quantitative estimate of drug-likeness (QED) is 0.738. The van der Waals surface area contributed by atoms with Crippen molar-refractivity contribution >= 4 is 17.6 Å². The zero-order valence-electron chi connectivity index (χ0n) is 8.49. The number of anilines is 1. The van der Waals surface area contributed by atoms with Crippen LogP contribution in [0.5, 0.6) is 0 Å². The highest BCUT2D eigenvalue weighted by atomic mass is 16.2. The fraction of sp³-hybridized carbons (Fsp3) is 0.273. The number of rotatable bonds is 2. The third-order valence-electron chi connectivity index (χ3n) is 2.45. The molecule has 0 bridgehead atoms. The van der Waals surface area contributed by atoms with E-state index in [1.54, 1.807) is 12.1 Å². The number of nitrogens with zero attached hydrogens (tertiary/aromatic N) is 1. The van der Waals surface area contributed by atoms with Crippen molar-refractivity contribution in [2.75, 3.05) is 11.4 Å². The van der Waals surface area contributed by atoms with Crippen LogP contribution in [0.1, 0.15) is 12.5 Å². The average molecular weight is 204 g/mol. The number of hydrogen-bond acceptors (Lipinski definition) is 2. The smallest absolute Gasteiger partial charge is 0.328 e. The van der Waals surface area contributed by atoms with Crippen molar-refractivity contribution in [3.05, 3.63) is 29.8 Å². The number of hydrogen-bond donors (Lipinski definition) is 1. The number of urea groups is 1. The summed E-state index contributed by atoms with van der Waals surface area (Å²) < 4.78 is 0. The van der Waals surface area contributed by atoms with Gasteiger partial charge in [0.1, 0.15) is 0 Å². The van der Waals surface area contributed by atoms with Gasteiger partial charge in [0, 0.05) is 0 Å². The molecule has 4 nitrogen and oxygen atoms in total. The van der Waals surface area contributed by atoms with Gasteiger partial charge in [0.2, 0.25) is 0 Å². The lowest BCUT2D eigenvalue weighted by Crippen LogP contribution is -2.30. The van der Waals surface area contributed by atoms with E-state index in [-0.39, 0.29) is 18.5 Å². The molecule has 1 fully saturated rings. The maximum Gasteiger partial charge on any atom is 0.329 e. The summed E-state index contributed by atoms with van der Waals surface area (Å²) in [7, 11) is 0. The highest BCUT2D eigenvalue weighted by Gasteiger charge is 2.29. The van der Waals surface area contributed by atoms with Crippen LogP contribution in [0.3, 0.4) is 0 Å². The Morgan fingerprint density at radius 1 is 1.27 bits per heavy atom. The number of nitrogens with one attached hydrogen (secondary N) is 1. The minimum absolute atomic E-state index is 0.0916. The van der Waals surface area contributed by atoms with E-state index in [4.69, 9.17) is 0 Å². The van der Waals surface area contributed by atoms with Crippen LogP contribution in [-0.4, -0.2) is 18.5 Å². The first-order valence-electron chi connectivity index (χ1n) is 4.92. The molecule has 15 heavy (non-hydrogen) atoms. The van der Waals surface area contributed by atoms with Crippen LogP contribution in [0.25, 0.3) is 0 Å². The second-order valence-corrected chi connectivity index (χ2v) is 3.41. The number of carbonyl (C=O) groups excluding carboxylic acids is 2. The van der Waals surface area contributed by atoms with E-state index in [2.05, 4.69) is 12.2 Å². The maximum atomic E-state index is 11.4. The summed E-state index contributed by atoms with van der Waals surface area (Å²) in [6, 6.07) is 7.09. The van der Waals surface area contributed by atoms with Crippen LogP contribution in [0, 0.1) is 0 Å². The third kappa shape index (κ3) is 1.70. The molecule has 1 saturated heterocycles. The molecule has 0 saturated carbocycles. The Bertz CT molecular complexity index is 382. The highest BCUT2D eigenvalue weighted by molar-refractivity contribution is 6.19. The molecule has 0 aliphatic carbocycles. The van der Waals surface area contributed by atoms with Crippen molar-refractivity contribution < 1.29 is 9.59 Å². The minimum atomic E-state index is -0.343. The van der Waals surface area contributed by atoms with Gasteiger partial charge in [-0.3, -0.25) is 4.79 Å². The molecule has 1 aliphatic heterocycles. The number of benzene rings is 1. The first kappa shape index (κ1) is 9.71. The molecule has 0 radical (unpaired) electrons. The Balaban J connectivity index is 2.29. The molecule has 4 heteroatoms. The third-order valence-corrected chi connectivity index (χ3v) is 2.45. The Kier molecular flexibility index (Phi) is 2.41. The first-order valence-corrected chi connectivity index (χ1v) is 4.92. The van der Waals surface area contributed by atoms with Gasteiger partial charge < -0.3 is 5.32 Å². The lowest BCUT2D eigenvalue weighted by atomic mass is 10.1. The number of aryl methyl sites for hydroxylation is 1. The highest BCUT2D eigenvalue weighted by Crippen LogP contribution is 2.17. The van der Waals surface area contributed by atoms with Crippen LogP contribution in [0.15, 0.2) is 24.3 Å². The van der Waals surface area contributed by atoms with Crippen LogP contribution in [-0.2, 0) is 11.2 Å². The SMILES string of the molecule is CCc1ccc(N2C(=O)CNC2=O)cc1. The summed E-state index contributed by atoms with van der Waals surface area (Å²) in [5.41, 5.74) is 1.82. The molecular weight excluding hydrogens is 192 g/mol. The second-order valence-electron chi connectivity index (χ2n) is 3.41. The zero-order chi connectivity index (χ0) is 10.8. The predicted octanol–water partition coefficient (Wildman–Crippen LogP) is 1.31. The Morgan fingerprint density at radius 3 is 2.40 bits per heavy atom. The molecule has 1 N–H and O–H groups in total. The molecule has 1 aliphatic rings. The van der Waals surface area contributed by atoms with E-state index in [1.165, 1.54) is 10.5 Å². The maximum absolute atomic E-state index is 11.4. The Labute approximate surface area is 87.9 Å². The van der Waals surface area contributed by atoms with Crippen molar-refractivity contribution in [1.29, 1.82) is 0 Å². The van der Waals surface area contributed by atoms with Crippen molar-refractivity contribution in [1.82, 2.24) is 5.32 Å². The standard InChI is InChI=1S/C11H12N2O2/c1-2-8-3-5-9(6-4-8)13-10(14)7-12-11(13)15/h3-6H,2,7H2,1H3,(H,12,15). The van der Waals surface area contributed by atoms with Gasteiger partial charge in [-0.15, -0.1) is 0 Å². The molecule has 1 heterocycles. The summed E-state index contributed by atoms with van der Waals surface area (Å²) in [5, 5.41) is 2.48. The predicted molar refractivity (Wildman–Crippen MR) is 56.7 cm³/mol. The molecule has 2 rings (SSSR count). The second kappa shape index (κ2) is 3.73. The molecule has 0 spiro atoms. The van der Waals surface area contributed by atoms with Crippen molar-refractivity contribution in [2.24, 2.45) is 0 Å². The van der Waals surface area contributed by atoms with Gasteiger partial charge in [-0.25, -0.2) is 9.69 Å². The van der Waals surface area contributed by atoms with Crippen molar-refractivity contribution in [2.45, 2.75) is 13.3 Å². The largest absolute Gasteiger partial charge is 0.329 e. The fourth-order valence-corrected chi connectivity index (χ4v) is 1.56. The minimum Gasteiger partial charge on any atom is -0.328 e. The van der Waals surface area contributed by atoms with Gasteiger partial charge in [0.15, 0.2) is 0 Å². The molecule has 1 aromatic rings.